The van der Waals surface area contributed by atoms with Crippen LogP contribution in [0.1, 0.15) is 0 Å². The van der Waals surface area contributed by atoms with Gasteiger partial charge in [-0.25, -0.2) is 10.8 Å². The van der Waals surface area contributed by atoms with E-state index in [4.69, 9.17) is 22.2 Å². The van der Waals surface area contributed by atoms with Gasteiger partial charge in [0.1, 0.15) is 10.8 Å². The minimum Gasteiger partial charge on any atom is -0.439 e. The van der Waals surface area contributed by atoms with Crippen molar-refractivity contribution in [2.75, 3.05) is 5.43 Å². The second-order valence-electron chi connectivity index (χ2n) is 3.34. The van der Waals surface area contributed by atoms with E-state index in [2.05, 4.69) is 15.4 Å². The fourth-order valence-electron chi connectivity index (χ4n) is 1.29. The molecule has 0 atom stereocenters. The summed E-state index contributed by atoms with van der Waals surface area (Å²) in [5, 5.41) is 10.6. The molecule has 0 spiro atoms. The number of rotatable bonds is 4. The zero-order valence-corrected chi connectivity index (χ0v) is 10.2. The van der Waals surface area contributed by atoms with Crippen LogP contribution in [0.3, 0.4) is 0 Å². The molecule has 0 aliphatic rings. The number of nitrogen functional groups attached to an aromatic ring is 1. The molecule has 3 N–H and O–H groups in total. The lowest BCUT2D eigenvalue weighted by molar-refractivity contribution is -0.384. The third-order valence-corrected chi connectivity index (χ3v) is 2.40. The number of anilines is 1. The van der Waals surface area contributed by atoms with Crippen molar-refractivity contribution >= 4 is 23.2 Å². The maximum atomic E-state index is 10.6. The van der Waals surface area contributed by atoms with Crippen molar-refractivity contribution < 1.29 is 9.66 Å². The number of nitro benzene ring substituents is 1. The van der Waals surface area contributed by atoms with Gasteiger partial charge in [-0.05, 0) is 6.07 Å². The molecule has 9 heteroatoms. The van der Waals surface area contributed by atoms with E-state index in [1.54, 1.807) is 0 Å². The van der Waals surface area contributed by atoms with Crippen LogP contribution in [0, 0.1) is 10.1 Å². The van der Waals surface area contributed by atoms with E-state index in [0.29, 0.717) is 5.75 Å². The molecule has 1 aromatic heterocycles. The number of nitro groups is 1. The van der Waals surface area contributed by atoms with Crippen molar-refractivity contribution in [3.05, 3.63) is 45.6 Å². The van der Waals surface area contributed by atoms with Crippen LogP contribution in [0.5, 0.6) is 11.6 Å². The Balaban J connectivity index is 2.23. The first-order chi connectivity index (χ1) is 9.10. The summed E-state index contributed by atoms with van der Waals surface area (Å²) in [5.74, 6) is 5.89. The average Bonchev–Trinajstić information content (AvgIpc) is 2.38. The fourth-order valence-corrected chi connectivity index (χ4v) is 1.53. The molecule has 0 radical (unpaired) electrons. The lowest BCUT2D eigenvalue weighted by atomic mass is 10.3. The van der Waals surface area contributed by atoms with E-state index in [1.165, 1.54) is 30.5 Å². The summed E-state index contributed by atoms with van der Waals surface area (Å²) in [6.45, 7) is 0. The summed E-state index contributed by atoms with van der Waals surface area (Å²) in [6, 6.07) is 5.51. The van der Waals surface area contributed by atoms with E-state index in [-0.39, 0.29) is 22.5 Å². The molecule has 2 aromatic rings. The van der Waals surface area contributed by atoms with E-state index >= 15 is 0 Å². The maximum Gasteiger partial charge on any atom is 0.288 e. The second-order valence-corrected chi connectivity index (χ2v) is 3.74. The number of nitrogens with one attached hydrogen (secondary N) is 1. The minimum atomic E-state index is -0.576. The molecular formula is C10H8ClN5O3. The lowest BCUT2D eigenvalue weighted by Crippen LogP contribution is -2.10. The van der Waals surface area contributed by atoms with Crippen LogP contribution in [0.25, 0.3) is 0 Å². The number of hydrazine groups is 1. The quantitative estimate of drug-likeness (QED) is 0.501. The highest BCUT2D eigenvalue weighted by Crippen LogP contribution is 2.30. The van der Waals surface area contributed by atoms with Crippen LogP contribution in [0.15, 0.2) is 30.5 Å². The summed E-state index contributed by atoms with van der Waals surface area (Å²) in [5.41, 5.74) is 2.08. The van der Waals surface area contributed by atoms with Gasteiger partial charge >= 0.3 is 0 Å². The van der Waals surface area contributed by atoms with E-state index in [0.717, 1.165) is 0 Å². The first-order valence-corrected chi connectivity index (χ1v) is 5.39. The Kier molecular flexibility index (Phi) is 3.74. The van der Waals surface area contributed by atoms with Gasteiger partial charge in [-0.1, -0.05) is 11.6 Å². The summed E-state index contributed by atoms with van der Waals surface area (Å²) in [7, 11) is 0. The number of benzene rings is 1. The molecule has 0 unspecified atom stereocenters. The number of aromatic nitrogens is 2. The maximum absolute atomic E-state index is 10.6. The molecule has 0 saturated carbocycles. The SMILES string of the molecule is NNc1nccc(Oc2ccc([N+](=O)[O-])c(Cl)c2)n1. The van der Waals surface area contributed by atoms with Crippen molar-refractivity contribution in [2.24, 2.45) is 5.84 Å². The lowest BCUT2D eigenvalue weighted by Gasteiger charge is -2.06. The molecule has 1 heterocycles. The third kappa shape index (κ3) is 3.06. The number of nitrogens with zero attached hydrogens (tertiary/aromatic N) is 3. The molecule has 0 saturated heterocycles. The van der Waals surface area contributed by atoms with E-state index < -0.39 is 4.92 Å². The Hall–Kier alpha value is -2.45. The zero-order chi connectivity index (χ0) is 13.8. The smallest absolute Gasteiger partial charge is 0.288 e. The van der Waals surface area contributed by atoms with Gasteiger partial charge in [-0.15, -0.1) is 0 Å². The normalized spacial score (nSPS) is 10.0. The van der Waals surface area contributed by atoms with Crippen LogP contribution in [-0.4, -0.2) is 14.9 Å². The number of hydrogen-bond acceptors (Lipinski definition) is 7. The molecule has 0 amide bonds. The van der Waals surface area contributed by atoms with Crippen molar-refractivity contribution in [2.45, 2.75) is 0 Å². The predicted molar refractivity (Wildman–Crippen MR) is 68.0 cm³/mol. The zero-order valence-electron chi connectivity index (χ0n) is 9.41. The summed E-state index contributed by atoms with van der Waals surface area (Å²) in [4.78, 5) is 17.8. The number of nitrogens with two attached hydrogens (primary N) is 1. The van der Waals surface area contributed by atoms with Gasteiger partial charge in [-0.3, -0.25) is 15.5 Å². The molecule has 8 nitrogen and oxygen atoms in total. The van der Waals surface area contributed by atoms with Crippen molar-refractivity contribution in [3.63, 3.8) is 0 Å². The molecule has 0 aliphatic heterocycles. The van der Waals surface area contributed by atoms with Gasteiger partial charge in [0.25, 0.3) is 5.69 Å². The van der Waals surface area contributed by atoms with Gasteiger partial charge < -0.3 is 4.74 Å². The van der Waals surface area contributed by atoms with Gasteiger partial charge in [0.15, 0.2) is 0 Å². The fraction of sp³-hybridized carbons (Fsp3) is 0. The highest BCUT2D eigenvalue weighted by Gasteiger charge is 2.13. The molecular weight excluding hydrogens is 274 g/mol. The van der Waals surface area contributed by atoms with Crippen LogP contribution in [0.2, 0.25) is 5.02 Å². The molecule has 98 valence electrons. The monoisotopic (exact) mass is 281 g/mol. The Morgan fingerprint density at radius 1 is 1.42 bits per heavy atom. The first-order valence-electron chi connectivity index (χ1n) is 5.01. The Bertz CT molecular complexity index is 622. The van der Waals surface area contributed by atoms with Crippen LogP contribution in [-0.2, 0) is 0 Å². The first kappa shape index (κ1) is 13.0. The molecule has 19 heavy (non-hydrogen) atoms. The Morgan fingerprint density at radius 2 is 2.21 bits per heavy atom. The molecule has 2 rings (SSSR count). The number of hydrogen-bond donors (Lipinski definition) is 2. The second kappa shape index (κ2) is 5.46. The topological polar surface area (TPSA) is 116 Å². The highest BCUT2D eigenvalue weighted by molar-refractivity contribution is 6.32. The van der Waals surface area contributed by atoms with Crippen LogP contribution in [0.4, 0.5) is 11.6 Å². The third-order valence-electron chi connectivity index (χ3n) is 2.10. The van der Waals surface area contributed by atoms with Gasteiger partial charge in [-0.2, -0.15) is 4.98 Å². The Morgan fingerprint density at radius 3 is 2.84 bits per heavy atom. The number of ether oxygens (including phenoxy) is 1. The molecule has 0 aliphatic carbocycles. The van der Waals surface area contributed by atoms with Crippen LogP contribution >= 0.6 is 11.6 Å². The van der Waals surface area contributed by atoms with Crippen molar-refractivity contribution in [1.29, 1.82) is 0 Å². The van der Waals surface area contributed by atoms with Gasteiger partial charge in [0.2, 0.25) is 11.8 Å². The molecule has 1 aromatic carbocycles. The van der Waals surface area contributed by atoms with E-state index in [9.17, 15) is 10.1 Å². The minimum absolute atomic E-state index is 0.0197. The molecule has 0 bridgehead atoms. The van der Waals surface area contributed by atoms with Crippen molar-refractivity contribution in [3.8, 4) is 11.6 Å². The predicted octanol–water partition coefficient (Wildman–Crippen LogP) is 2.12. The average molecular weight is 282 g/mol. The van der Waals surface area contributed by atoms with Crippen molar-refractivity contribution in [1.82, 2.24) is 9.97 Å². The summed E-state index contributed by atoms with van der Waals surface area (Å²) < 4.78 is 5.38. The highest BCUT2D eigenvalue weighted by atomic mass is 35.5. The largest absolute Gasteiger partial charge is 0.439 e. The summed E-state index contributed by atoms with van der Waals surface area (Å²) >= 11 is 5.76. The van der Waals surface area contributed by atoms with Crippen LogP contribution < -0.4 is 16.0 Å². The standard InChI is InChI=1S/C10H8ClN5O3/c11-7-5-6(1-2-8(7)16(17)18)19-9-3-4-13-10(14-9)15-12/h1-5H,12H2,(H,13,14,15). The van der Waals surface area contributed by atoms with Gasteiger partial charge in [0.05, 0.1) is 4.92 Å². The number of halogens is 1. The summed E-state index contributed by atoms with van der Waals surface area (Å²) in [6.07, 6.45) is 1.45. The van der Waals surface area contributed by atoms with E-state index in [1.807, 2.05) is 0 Å². The van der Waals surface area contributed by atoms with Gasteiger partial charge in [0, 0.05) is 24.4 Å². The Labute approximate surface area is 112 Å². The molecule has 0 fully saturated rings.